The van der Waals surface area contributed by atoms with Crippen molar-refractivity contribution in [3.63, 3.8) is 0 Å². The molecule has 0 unspecified atom stereocenters. The second-order valence-corrected chi connectivity index (χ2v) is 7.03. The number of halogens is 1. The lowest BCUT2D eigenvalue weighted by atomic mass is 9.82. The van der Waals surface area contributed by atoms with Gasteiger partial charge in [-0.15, -0.1) is 0 Å². The van der Waals surface area contributed by atoms with Crippen LogP contribution in [-0.4, -0.2) is 21.8 Å². The Morgan fingerprint density at radius 2 is 1.43 bits per heavy atom. The first kappa shape index (κ1) is 18.3. The molecular weight excluding hydrogens is 424 g/mol. The molecule has 0 aromatic heterocycles. The highest BCUT2D eigenvalue weighted by Gasteiger charge is 2.35. The molecule has 3 aromatic carbocycles. The van der Waals surface area contributed by atoms with Crippen LogP contribution < -0.4 is 4.74 Å². The van der Waals surface area contributed by atoms with Crippen molar-refractivity contribution in [1.29, 1.82) is 0 Å². The number of phenols is 2. The highest BCUT2D eigenvalue weighted by atomic mass is 79.9. The Hall–Kier alpha value is -3.12. The normalized spacial score (nSPS) is 12.5. The quantitative estimate of drug-likeness (QED) is 0.462. The molecule has 0 saturated heterocycles. The molecule has 0 fully saturated rings. The molecule has 1 aliphatic rings. The Morgan fingerprint density at radius 1 is 0.786 bits per heavy atom. The molecule has 5 nitrogen and oxygen atoms in total. The van der Waals surface area contributed by atoms with E-state index in [9.17, 15) is 19.8 Å². The molecule has 0 aliphatic heterocycles. The fourth-order valence-corrected chi connectivity index (χ4v) is 3.62. The molecule has 4 rings (SSSR count). The lowest BCUT2D eigenvalue weighted by molar-refractivity contribution is 0.0973. The third kappa shape index (κ3) is 3.05. The summed E-state index contributed by atoms with van der Waals surface area (Å²) in [6.07, 6.45) is 0. The number of hydrogen-bond donors (Lipinski definition) is 2. The van der Waals surface area contributed by atoms with E-state index in [1.807, 2.05) is 30.3 Å². The number of aromatic hydroxyl groups is 2. The van der Waals surface area contributed by atoms with Crippen molar-refractivity contribution >= 4 is 27.5 Å². The maximum atomic E-state index is 13.0. The van der Waals surface area contributed by atoms with Crippen molar-refractivity contribution in [2.24, 2.45) is 0 Å². The Bertz CT molecular complexity index is 1110. The van der Waals surface area contributed by atoms with Crippen LogP contribution in [0.15, 0.2) is 54.6 Å². The lowest BCUT2D eigenvalue weighted by Gasteiger charge is -2.21. The summed E-state index contributed by atoms with van der Waals surface area (Å²) in [4.78, 5) is 25.9. The SMILES string of the molecule is O=C1c2cc(CBr)cc(O)c2C(=O)c2c(O)cc(OCc3ccccc3)cc21. The van der Waals surface area contributed by atoms with E-state index in [4.69, 9.17) is 4.74 Å². The predicted octanol–water partition coefficient (Wildman–Crippen LogP) is 4.35. The molecule has 0 amide bonds. The van der Waals surface area contributed by atoms with Crippen molar-refractivity contribution < 1.29 is 24.5 Å². The number of rotatable bonds is 4. The Balaban J connectivity index is 1.75. The molecule has 0 radical (unpaired) electrons. The molecule has 0 saturated carbocycles. The van der Waals surface area contributed by atoms with Gasteiger partial charge in [0.05, 0.1) is 11.1 Å². The Labute approximate surface area is 169 Å². The van der Waals surface area contributed by atoms with Gasteiger partial charge >= 0.3 is 0 Å². The second-order valence-electron chi connectivity index (χ2n) is 6.47. The summed E-state index contributed by atoms with van der Waals surface area (Å²) < 4.78 is 5.70. The van der Waals surface area contributed by atoms with E-state index >= 15 is 0 Å². The summed E-state index contributed by atoms with van der Waals surface area (Å²) >= 11 is 3.28. The van der Waals surface area contributed by atoms with Gasteiger partial charge in [-0.3, -0.25) is 9.59 Å². The van der Waals surface area contributed by atoms with Gasteiger partial charge in [0.15, 0.2) is 5.78 Å². The number of carbonyl (C=O) groups is 2. The van der Waals surface area contributed by atoms with E-state index in [0.29, 0.717) is 10.9 Å². The number of fused-ring (bicyclic) bond motifs is 2. The zero-order chi connectivity index (χ0) is 19.8. The summed E-state index contributed by atoms with van der Waals surface area (Å²) in [6.45, 7) is 0.256. The molecule has 28 heavy (non-hydrogen) atoms. The van der Waals surface area contributed by atoms with Crippen molar-refractivity contribution in [1.82, 2.24) is 0 Å². The molecule has 140 valence electrons. The number of alkyl halides is 1. The van der Waals surface area contributed by atoms with Gasteiger partial charge in [0.2, 0.25) is 5.78 Å². The second kappa shape index (κ2) is 7.13. The average Bonchev–Trinajstić information content (AvgIpc) is 2.70. The van der Waals surface area contributed by atoms with Crippen LogP contribution in [0.2, 0.25) is 0 Å². The van der Waals surface area contributed by atoms with Gasteiger partial charge < -0.3 is 14.9 Å². The number of ether oxygens (including phenoxy) is 1. The standard InChI is InChI=1S/C22H15BrO5/c23-10-13-6-15-19(17(24)7-13)22(27)20-16(21(15)26)8-14(9-18(20)25)28-11-12-4-2-1-3-5-12/h1-9,24-25H,10-11H2. The van der Waals surface area contributed by atoms with Crippen LogP contribution in [0.5, 0.6) is 17.2 Å². The van der Waals surface area contributed by atoms with E-state index in [1.165, 1.54) is 18.2 Å². The molecule has 3 aromatic rings. The first-order chi connectivity index (χ1) is 13.5. The monoisotopic (exact) mass is 438 g/mol. The molecule has 2 N–H and O–H groups in total. The fourth-order valence-electron chi connectivity index (χ4n) is 3.29. The van der Waals surface area contributed by atoms with Crippen molar-refractivity contribution in [2.75, 3.05) is 0 Å². The van der Waals surface area contributed by atoms with Gasteiger partial charge in [-0.2, -0.15) is 0 Å². The first-order valence-electron chi connectivity index (χ1n) is 8.54. The topological polar surface area (TPSA) is 83.8 Å². The Kier molecular flexibility index (Phi) is 4.65. The summed E-state index contributed by atoms with van der Waals surface area (Å²) in [5, 5.41) is 21.1. The highest BCUT2D eigenvalue weighted by Crippen LogP contribution is 2.39. The van der Waals surface area contributed by atoms with Crippen LogP contribution in [0.1, 0.15) is 43.0 Å². The molecule has 1 aliphatic carbocycles. The van der Waals surface area contributed by atoms with Gasteiger partial charge in [-0.05, 0) is 29.3 Å². The number of benzene rings is 3. The predicted molar refractivity (Wildman–Crippen MR) is 106 cm³/mol. The molecule has 0 spiro atoms. The minimum atomic E-state index is -0.588. The van der Waals surface area contributed by atoms with Crippen LogP contribution in [0.3, 0.4) is 0 Å². The third-order valence-corrected chi connectivity index (χ3v) is 5.26. The summed E-state index contributed by atoms with van der Waals surface area (Å²) in [7, 11) is 0. The maximum absolute atomic E-state index is 13.0. The minimum Gasteiger partial charge on any atom is -0.507 e. The van der Waals surface area contributed by atoms with Gasteiger partial charge in [-0.1, -0.05) is 46.3 Å². The molecule has 0 atom stereocenters. The van der Waals surface area contributed by atoms with E-state index in [0.717, 1.165) is 5.56 Å². The number of ketones is 2. The van der Waals surface area contributed by atoms with E-state index in [-0.39, 0.29) is 46.1 Å². The van der Waals surface area contributed by atoms with Crippen molar-refractivity contribution in [3.8, 4) is 17.2 Å². The molecule has 0 bridgehead atoms. The summed E-state index contributed by atoms with van der Waals surface area (Å²) in [5.41, 5.74) is 1.57. The first-order valence-corrected chi connectivity index (χ1v) is 9.66. The Morgan fingerprint density at radius 3 is 2.11 bits per heavy atom. The van der Waals surface area contributed by atoms with Gasteiger partial charge in [0.25, 0.3) is 0 Å². The zero-order valence-electron chi connectivity index (χ0n) is 14.6. The molecular formula is C22H15BrO5. The smallest absolute Gasteiger partial charge is 0.201 e. The number of phenolic OH excluding ortho intramolecular Hbond substituents is 2. The van der Waals surface area contributed by atoms with Crippen LogP contribution >= 0.6 is 15.9 Å². The van der Waals surface area contributed by atoms with E-state index < -0.39 is 11.6 Å². The number of hydrogen-bond acceptors (Lipinski definition) is 5. The molecule has 6 heteroatoms. The third-order valence-electron chi connectivity index (χ3n) is 4.61. The summed E-state index contributed by atoms with van der Waals surface area (Å²) in [6, 6.07) is 15.2. The van der Waals surface area contributed by atoms with Gasteiger partial charge in [-0.25, -0.2) is 0 Å². The summed E-state index contributed by atoms with van der Waals surface area (Å²) in [5.74, 6) is -1.38. The van der Waals surface area contributed by atoms with Crippen LogP contribution in [0, 0.1) is 0 Å². The van der Waals surface area contributed by atoms with E-state index in [1.54, 1.807) is 6.07 Å². The van der Waals surface area contributed by atoms with E-state index in [2.05, 4.69) is 15.9 Å². The lowest BCUT2D eigenvalue weighted by Crippen LogP contribution is -2.21. The van der Waals surface area contributed by atoms with Crippen molar-refractivity contribution in [3.05, 3.63) is 88.0 Å². The van der Waals surface area contributed by atoms with Crippen LogP contribution in [0.25, 0.3) is 0 Å². The maximum Gasteiger partial charge on any atom is 0.201 e. The van der Waals surface area contributed by atoms with Gasteiger partial charge in [0.1, 0.15) is 23.9 Å². The fraction of sp³-hybridized carbons (Fsp3) is 0.0909. The number of carbonyl (C=O) groups excluding carboxylic acids is 2. The molecule has 0 heterocycles. The zero-order valence-corrected chi connectivity index (χ0v) is 16.2. The minimum absolute atomic E-state index is 0.0617. The highest BCUT2D eigenvalue weighted by molar-refractivity contribution is 9.08. The average molecular weight is 439 g/mol. The van der Waals surface area contributed by atoms with Crippen LogP contribution in [0.4, 0.5) is 0 Å². The largest absolute Gasteiger partial charge is 0.507 e. The van der Waals surface area contributed by atoms with Gasteiger partial charge in [0, 0.05) is 22.5 Å². The van der Waals surface area contributed by atoms with Crippen LogP contribution in [-0.2, 0) is 11.9 Å². The van der Waals surface area contributed by atoms with Crippen molar-refractivity contribution in [2.45, 2.75) is 11.9 Å².